The molecule has 0 atom stereocenters. The minimum absolute atomic E-state index is 0.0704. The van der Waals surface area contributed by atoms with Crippen LogP contribution in [0.3, 0.4) is 0 Å². The predicted molar refractivity (Wildman–Crippen MR) is 120 cm³/mol. The number of carbonyl (C=O) groups excluding carboxylic acids is 2. The highest BCUT2D eigenvalue weighted by Crippen LogP contribution is 2.31. The Kier molecular flexibility index (Phi) is 6.25. The number of nitrogens with one attached hydrogen (secondary N) is 2. The normalized spacial score (nSPS) is 14.8. The van der Waals surface area contributed by atoms with Crippen LogP contribution in [0.5, 0.6) is 0 Å². The van der Waals surface area contributed by atoms with Crippen LogP contribution in [0.25, 0.3) is 11.0 Å². The van der Waals surface area contributed by atoms with Crippen molar-refractivity contribution in [1.82, 2.24) is 10.6 Å². The molecule has 1 aliphatic carbocycles. The van der Waals surface area contributed by atoms with Gasteiger partial charge in [0.05, 0.1) is 0 Å². The van der Waals surface area contributed by atoms with E-state index in [1.54, 1.807) is 6.07 Å². The molecule has 32 heavy (non-hydrogen) atoms. The third-order valence-electron chi connectivity index (χ3n) is 5.84. The highest BCUT2D eigenvalue weighted by atomic mass is 16.5. The Balaban J connectivity index is 1.44. The Labute approximate surface area is 185 Å². The van der Waals surface area contributed by atoms with Gasteiger partial charge in [0.15, 0.2) is 0 Å². The van der Waals surface area contributed by atoms with Gasteiger partial charge < -0.3 is 19.8 Å². The van der Waals surface area contributed by atoms with E-state index >= 15 is 0 Å². The molecule has 0 bridgehead atoms. The predicted octanol–water partition coefficient (Wildman–Crippen LogP) is 3.96. The van der Waals surface area contributed by atoms with Crippen molar-refractivity contribution in [2.75, 3.05) is 0 Å². The molecule has 1 heterocycles. The lowest BCUT2D eigenvalue weighted by molar-refractivity contribution is -0.152. The van der Waals surface area contributed by atoms with Gasteiger partial charge in [-0.3, -0.25) is 0 Å². The van der Waals surface area contributed by atoms with Crippen molar-refractivity contribution >= 4 is 23.0 Å². The Morgan fingerprint density at radius 2 is 1.81 bits per heavy atom. The molecule has 0 saturated heterocycles. The van der Waals surface area contributed by atoms with E-state index in [4.69, 9.17) is 9.15 Å². The molecule has 1 aromatic heterocycles. The van der Waals surface area contributed by atoms with Crippen LogP contribution in [-0.2, 0) is 22.7 Å². The van der Waals surface area contributed by atoms with Gasteiger partial charge in [-0.2, -0.15) is 0 Å². The molecule has 1 fully saturated rings. The number of rotatable bonds is 6. The molecular formula is C25H26N2O5. The highest BCUT2D eigenvalue weighted by molar-refractivity contribution is 5.88. The van der Waals surface area contributed by atoms with Crippen LogP contribution >= 0.6 is 0 Å². The fourth-order valence-electron chi connectivity index (χ4n) is 4.14. The van der Waals surface area contributed by atoms with Gasteiger partial charge in [-0.1, -0.05) is 55.3 Å². The standard InChI is InChI=1S/C25H26N2O5/c1-17-9-10-20-19(14-22(28)32-21(20)13-17)16-31-23(29)25(11-5-6-12-25)27-24(30)26-15-18-7-3-2-4-8-18/h2-4,7-10,13-14H,5-6,11-12,15-16H2,1H3,(H2,26,27,30). The summed E-state index contributed by atoms with van der Waals surface area (Å²) >= 11 is 0. The number of fused-ring (bicyclic) bond motifs is 1. The zero-order valence-corrected chi connectivity index (χ0v) is 18.0. The van der Waals surface area contributed by atoms with Gasteiger partial charge in [0.1, 0.15) is 17.7 Å². The number of amides is 2. The van der Waals surface area contributed by atoms with Gasteiger partial charge in [-0.15, -0.1) is 0 Å². The molecule has 0 aliphatic heterocycles. The molecule has 0 spiro atoms. The van der Waals surface area contributed by atoms with E-state index in [2.05, 4.69) is 10.6 Å². The Morgan fingerprint density at radius 1 is 1.06 bits per heavy atom. The molecule has 2 amide bonds. The number of carbonyl (C=O) groups is 2. The summed E-state index contributed by atoms with van der Waals surface area (Å²) in [5.41, 5.74) is 1.40. The molecule has 0 radical (unpaired) electrons. The van der Waals surface area contributed by atoms with Gasteiger partial charge in [0.2, 0.25) is 0 Å². The summed E-state index contributed by atoms with van der Waals surface area (Å²) in [6.07, 6.45) is 2.68. The molecule has 2 aromatic carbocycles. The van der Waals surface area contributed by atoms with E-state index < -0.39 is 23.2 Å². The Hall–Kier alpha value is -3.61. The zero-order valence-electron chi connectivity index (χ0n) is 18.0. The fourth-order valence-corrected chi connectivity index (χ4v) is 4.14. The first-order valence-corrected chi connectivity index (χ1v) is 10.8. The van der Waals surface area contributed by atoms with E-state index in [1.807, 2.05) is 49.4 Å². The van der Waals surface area contributed by atoms with E-state index in [0.29, 0.717) is 30.5 Å². The monoisotopic (exact) mass is 434 g/mol. The number of hydrogen-bond donors (Lipinski definition) is 2. The van der Waals surface area contributed by atoms with E-state index in [0.717, 1.165) is 29.4 Å². The van der Waals surface area contributed by atoms with Crippen molar-refractivity contribution in [3.8, 4) is 0 Å². The van der Waals surface area contributed by atoms with Gasteiger partial charge in [-0.25, -0.2) is 14.4 Å². The molecule has 4 rings (SSSR count). The van der Waals surface area contributed by atoms with Crippen molar-refractivity contribution in [2.45, 2.75) is 51.3 Å². The Bertz CT molecular complexity index is 1180. The summed E-state index contributed by atoms with van der Waals surface area (Å²) in [7, 11) is 0. The van der Waals surface area contributed by atoms with E-state index in [-0.39, 0.29) is 6.61 Å². The van der Waals surface area contributed by atoms with Crippen molar-refractivity contribution in [3.63, 3.8) is 0 Å². The van der Waals surface area contributed by atoms with Gasteiger partial charge >= 0.3 is 17.6 Å². The van der Waals surface area contributed by atoms with Crippen LogP contribution in [0.2, 0.25) is 0 Å². The Morgan fingerprint density at radius 3 is 2.56 bits per heavy atom. The molecule has 7 nitrogen and oxygen atoms in total. The number of aryl methyl sites for hydroxylation is 1. The molecule has 7 heteroatoms. The summed E-state index contributed by atoms with van der Waals surface area (Å²) in [5, 5.41) is 6.37. The van der Waals surface area contributed by atoms with Crippen LogP contribution in [0, 0.1) is 6.92 Å². The molecule has 3 aromatic rings. The van der Waals surface area contributed by atoms with Crippen molar-refractivity contribution in [3.05, 3.63) is 81.7 Å². The second-order valence-electron chi connectivity index (χ2n) is 8.25. The molecule has 1 aliphatic rings. The van der Waals surface area contributed by atoms with E-state index in [9.17, 15) is 14.4 Å². The number of esters is 1. The topological polar surface area (TPSA) is 97.6 Å². The molecule has 0 unspecified atom stereocenters. The third kappa shape index (κ3) is 4.82. The SMILES string of the molecule is Cc1ccc2c(COC(=O)C3(NC(=O)NCc4ccccc4)CCCC3)cc(=O)oc2c1. The highest BCUT2D eigenvalue weighted by Gasteiger charge is 2.44. The number of hydrogen-bond acceptors (Lipinski definition) is 5. The van der Waals surface area contributed by atoms with Crippen molar-refractivity contribution in [2.24, 2.45) is 0 Å². The number of benzene rings is 2. The third-order valence-corrected chi connectivity index (χ3v) is 5.84. The number of urea groups is 1. The molecular weight excluding hydrogens is 408 g/mol. The average molecular weight is 434 g/mol. The van der Waals surface area contributed by atoms with Gasteiger partial charge in [0, 0.05) is 23.6 Å². The lowest BCUT2D eigenvalue weighted by atomic mass is 9.98. The quantitative estimate of drug-likeness (QED) is 0.452. The first kappa shape index (κ1) is 21.6. The summed E-state index contributed by atoms with van der Waals surface area (Å²) in [5.74, 6) is -0.488. The van der Waals surface area contributed by atoms with Crippen LogP contribution in [-0.4, -0.2) is 17.5 Å². The molecule has 2 N–H and O–H groups in total. The van der Waals surface area contributed by atoms with Crippen LogP contribution < -0.4 is 16.3 Å². The van der Waals surface area contributed by atoms with Crippen molar-refractivity contribution < 1.29 is 18.7 Å². The smallest absolute Gasteiger partial charge is 0.336 e. The van der Waals surface area contributed by atoms with Crippen LogP contribution in [0.4, 0.5) is 4.79 Å². The maximum absolute atomic E-state index is 13.1. The minimum atomic E-state index is -1.06. The van der Waals surface area contributed by atoms with Gasteiger partial charge in [0.25, 0.3) is 0 Å². The maximum Gasteiger partial charge on any atom is 0.336 e. The number of ether oxygens (including phenoxy) is 1. The lowest BCUT2D eigenvalue weighted by Crippen LogP contribution is -2.56. The van der Waals surface area contributed by atoms with Crippen molar-refractivity contribution in [1.29, 1.82) is 0 Å². The lowest BCUT2D eigenvalue weighted by Gasteiger charge is -2.28. The fraction of sp³-hybridized carbons (Fsp3) is 0.320. The van der Waals surface area contributed by atoms with Crippen LogP contribution in [0.15, 0.2) is 63.8 Å². The van der Waals surface area contributed by atoms with Crippen LogP contribution in [0.1, 0.15) is 42.4 Å². The van der Waals surface area contributed by atoms with E-state index in [1.165, 1.54) is 6.07 Å². The first-order chi connectivity index (χ1) is 15.4. The first-order valence-electron chi connectivity index (χ1n) is 10.8. The summed E-state index contributed by atoms with van der Waals surface area (Å²) < 4.78 is 10.9. The largest absolute Gasteiger partial charge is 0.459 e. The summed E-state index contributed by atoms with van der Waals surface area (Å²) in [6, 6.07) is 16.0. The van der Waals surface area contributed by atoms with Gasteiger partial charge in [-0.05, 0) is 37.0 Å². The summed E-state index contributed by atoms with van der Waals surface area (Å²) in [4.78, 5) is 37.5. The second kappa shape index (κ2) is 9.26. The summed E-state index contributed by atoms with van der Waals surface area (Å²) in [6.45, 7) is 2.20. The second-order valence-corrected chi connectivity index (χ2v) is 8.25. The molecule has 166 valence electrons. The minimum Gasteiger partial charge on any atom is -0.459 e. The average Bonchev–Trinajstić information content (AvgIpc) is 3.25. The zero-order chi connectivity index (χ0) is 22.6. The maximum atomic E-state index is 13.1. The molecule has 1 saturated carbocycles.